The molecular formula is C19H14ClN3O2S2. The second-order valence-corrected chi connectivity index (χ2v) is 7.90. The van der Waals surface area contributed by atoms with Crippen molar-refractivity contribution in [3.05, 3.63) is 76.8 Å². The lowest BCUT2D eigenvalue weighted by Gasteiger charge is -1.98. The number of carbonyl (C=O) groups excluding carboxylic acids is 2. The zero-order valence-corrected chi connectivity index (χ0v) is 16.4. The lowest BCUT2D eigenvalue weighted by Crippen LogP contribution is -2.07. The molecule has 27 heavy (non-hydrogen) atoms. The van der Waals surface area contributed by atoms with Crippen molar-refractivity contribution in [1.82, 2.24) is 10.2 Å². The van der Waals surface area contributed by atoms with Gasteiger partial charge in [0.15, 0.2) is 10.1 Å². The van der Waals surface area contributed by atoms with Crippen LogP contribution in [0.1, 0.15) is 15.9 Å². The van der Waals surface area contributed by atoms with Crippen LogP contribution in [0.4, 0.5) is 5.13 Å². The molecule has 1 aromatic heterocycles. The van der Waals surface area contributed by atoms with Crippen molar-refractivity contribution >= 4 is 57.6 Å². The highest BCUT2D eigenvalue weighted by Crippen LogP contribution is 2.26. The Morgan fingerprint density at radius 2 is 1.81 bits per heavy atom. The van der Waals surface area contributed by atoms with Gasteiger partial charge in [0.05, 0.1) is 5.75 Å². The summed E-state index contributed by atoms with van der Waals surface area (Å²) in [5, 5.41) is 11.5. The number of rotatable bonds is 7. The summed E-state index contributed by atoms with van der Waals surface area (Å²) in [4.78, 5) is 24.1. The van der Waals surface area contributed by atoms with Crippen LogP contribution in [0.15, 0.2) is 65.0 Å². The molecule has 1 heterocycles. The van der Waals surface area contributed by atoms with E-state index in [0.717, 1.165) is 5.56 Å². The summed E-state index contributed by atoms with van der Waals surface area (Å²) in [5.74, 6) is -0.0500. The monoisotopic (exact) mass is 415 g/mol. The van der Waals surface area contributed by atoms with Gasteiger partial charge in [-0.25, -0.2) is 0 Å². The van der Waals surface area contributed by atoms with Gasteiger partial charge in [0.25, 0.3) is 0 Å². The SMILES string of the molecule is O=C(C=Cc1ccccc1Cl)Nc1nnc(SCC(=O)c2ccccc2)s1. The number of nitrogens with one attached hydrogen (secondary N) is 1. The van der Waals surface area contributed by atoms with E-state index in [1.807, 2.05) is 36.4 Å². The van der Waals surface area contributed by atoms with Crippen LogP contribution in [0.25, 0.3) is 6.08 Å². The third-order valence-electron chi connectivity index (χ3n) is 3.38. The third kappa shape index (κ3) is 5.75. The second-order valence-electron chi connectivity index (χ2n) is 5.30. The van der Waals surface area contributed by atoms with Crippen LogP contribution in [0.5, 0.6) is 0 Å². The molecule has 2 aromatic carbocycles. The van der Waals surface area contributed by atoms with Gasteiger partial charge in [-0.1, -0.05) is 83.2 Å². The molecule has 5 nitrogen and oxygen atoms in total. The fourth-order valence-electron chi connectivity index (χ4n) is 2.08. The summed E-state index contributed by atoms with van der Waals surface area (Å²) in [6, 6.07) is 16.3. The molecule has 0 spiro atoms. The van der Waals surface area contributed by atoms with E-state index >= 15 is 0 Å². The predicted octanol–water partition coefficient (Wildman–Crippen LogP) is 4.82. The topological polar surface area (TPSA) is 72.0 Å². The van der Waals surface area contributed by atoms with Gasteiger partial charge < -0.3 is 0 Å². The maximum atomic E-state index is 12.1. The van der Waals surface area contributed by atoms with Crippen LogP contribution < -0.4 is 5.32 Å². The smallest absolute Gasteiger partial charge is 0.250 e. The average Bonchev–Trinajstić information content (AvgIpc) is 3.13. The van der Waals surface area contributed by atoms with Crippen molar-refractivity contribution in [2.45, 2.75) is 4.34 Å². The molecule has 3 rings (SSSR count). The maximum Gasteiger partial charge on any atom is 0.250 e. The maximum absolute atomic E-state index is 12.1. The standard InChI is InChI=1S/C19H14ClN3O2S2/c20-15-9-5-4-6-13(15)10-11-17(25)21-18-22-23-19(27-18)26-12-16(24)14-7-2-1-3-8-14/h1-11H,12H2,(H,21,22,25). The van der Waals surface area contributed by atoms with Crippen LogP contribution in [-0.2, 0) is 4.79 Å². The van der Waals surface area contributed by atoms with Crippen molar-refractivity contribution < 1.29 is 9.59 Å². The number of hydrogen-bond donors (Lipinski definition) is 1. The Balaban J connectivity index is 1.52. The molecule has 0 saturated heterocycles. The van der Waals surface area contributed by atoms with Gasteiger partial charge in [-0.3, -0.25) is 14.9 Å². The van der Waals surface area contributed by atoms with Crippen LogP contribution in [0, 0.1) is 0 Å². The quantitative estimate of drug-likeness (QED) is 0.259. The molecule has 8 heteroatoms. The number of benzene rings is 2. The molecule has 1 N–H and O–H groups in total. The van der Waals surface area contributed by atoms with E-state index in [4.69, 9.17) is 11.6 Å². The van der Waals surface area contributed by atoms with Crippen LogP contribution in [0.2, 0.25) is 5.02 Å². The molecule has 3 aromatic rings. The molecule has 0 radical (unpaired) electrons. The fourth-order valence-corrected chi connectivity index (χ4v) is 3.92. The van der Waals surface area contributed by atoms with E-state index in [1.54, 1.807) is 24.3 Å². The van der Waals surface area contributed by atoms with Crippen LogP contribution in [-0.4, -0.2) is 27.6 Å². The molecule has 0 aliphatic carbocycles. The minimum absolute atomic E-state index is 0.0176. The predicted molar refractivity (Wildman–Crippen MR) is 111 cm³/mol. The van der Waals surface area contributed by atoms with Crippen molar-refractivity contribution in [3.8, 4) is 0 Å². The Hall–Kier alpha value is -2.48. The number of nitrogens with zero attached hydrogens (tertiary/aromatic N) is 2. The number of amides is 1. The Morgan fingerprint density at radius 3 is 2.59 bits per heavy atom. The Labute approximate surface area is 169 Å². The molecular weight excluding hydrogens is 402 g/mol. The molecule has 0 fully saturated rings. The highest BCUT2D eigenvalue weighted by atomic mass is 35.5. The lowest BCUT2D eigenvalue weighted by molar-refractivity contribution is -0.111. The van der Waals surface area contributed by atoms with Gasteiger partial charge in [0, 0.05) is 16.7 Å². The molecule has 1 amide bonds. The summed E-state index contributed by atoms with van der Waals surface area (Å²) in [6.07, 6.45) is 3.02. The van der Waals surface area contributed by atoms with Gasteiger partial charge in [-0.2, -0.15) is 0 Å². The van der Waals surface area contributed by atoms with Crippen molar-refractivity contribution in [2.75, 3.05) is 11.1 Å². The van der Waals surface area contributed by atoms with E-state index in [9.17, 15) is 9.59 Å². The summed E-state index contributed by atoms with van der Waals surface area (Å²) < 4.78 is 0.615. The number of Topliss-reactive ketones (excluding diaryl/α,β-unsaturated/α-hetero) is 1. The van der Waals surface area contributed by atoms with Crippen molar-refractivity contribution in [3.63, 3.8) is 0 Å². The first-order chi connectivity index (χ1) is 13.1. The van der Waals surface area contributed by atoms with Crippen molar-refractivity contribution in [1.29, 1.82) is 0 Å². The third-order valence-corrected chi connectivity index (χ3v) is 5.69. The van der Waals surface area contributed by atoms with Gasteiger partial charge in [-0.05, 0) is 17.7 Å². The zero-order valence-electron chi connectivity index (χ0n) is 14.0. The molecule has 0 aliphatic rings. The van der Waals surface area contributed by atoms with Gasteiger partial charge in [0.2, 0.25) is 11.0 Å². The number of anilines is 1. The Bertz CT molecular complexity index is 974. The average molecular weight is 416 g/mol. The van der Waals surface area contributed by atoms with E-state index < -0.39 is 0 Å². The summed E-state index contributed by atoms with van der Waals surface area (Å²) in [6.45, 7) is 0. The number of carbonyl (C=O) groups is 2. The number of thioether (sulfide) groups is 1. The first-order valence-corrected chi connectivity index (χ1v) is 10.1. The van der Waals surface area contributed by atoms with Gasteiger partial charge in [0.1, 0.15) is 0 Å². The van der Waals surface area contributed by atoms with Gasteiger partial charge >= 0.3 is 0 Å². The molecule has 0 saturated carbocycles. The molecule has 136 valence electrons. The van der Waals surface area contributed by atoms with E-state index in [-0.39, 0.29) is 17.4 Å². The highest BCUT2D eigenvalue weighted by molar-refractivity contribution is 8.01. The zero-order chi connectivity index (χ0) is 19.1. The lowest BCUT2D eigenvalue weighted by atomic mass is 10.2. The number of aromatic nitrogens is 2. The molecule has 0 atom stereocenters. The number of ketones is 1. The van der Waals surface area contributed by atoms with E-state index in [2.05, 4.69) is 15.5 Å². The Kier molecular flexibility index (Phi) is 6.75. The van der Waals surface area contributed by atoms with Crippen molar-refractivity contribution in [2.24, 2.45) is 0 Å². The van der Waals surface area contributed by atoms with E-state index in [1.165, 1.54) is 29.2 Å². The van der Waals surface area contributed by atoms with E-state index in [0.29, 0.717) is 20.1 Å². The number of halogens is 1. The summed E-state index contributed by atoms with van der Waals surface area (Å²) in [5.41, 5.74) is 1.41. The fraction of sp³-hybridized carbons (Fsp3) is 0.0526. The largest absolute Gasteiger partial charge is 0.297 e. The molecule has 0 bridgehead atoms. The molecule has 0 aliphatic heterocycles. The minimum atomic E-state index is -0.331. The first-order valence-electron chi connectivity index (χ1n) is 7.90. The van der Waals surface area contributed by atoms with Crippen LogP contribution >= 0.6 is 34.7 Å². The van der Waals surface area contributed by atoms with Gasteiger partial charge in [-0.15, -0.1) is 10.2 Å². The summed E-state index contributed by atoms with van der Waals surface area (Å²) >= 11 is 8.55. The molecule has 0 unspecified atom stereocenters. The van der Waals surface area contributed by atoms with Crippen LogP contribution in [0.3, 0.4) is 0 Å². The normalized spacial score (nSPS) is 10.9. The second kappa shape index (κ2) is 9.45. The first kappa shape index (κ1) is 19.3. The number of hydrogen-bond acceptors (Lipinski definition) is 6. The summed E-state index contributed by atoms with van der Waals surface area (Å²) in [7, 11) is 0. The minimum Gasteiger partial charge on any atom is -0.297 e. The highest BCUT2D eigenvalue weighted by Gasteiger charge is 2.10. The Morgan fingerprint density at radius 1 is 1.07 bits per heavy atom.